The van der Waals surface area contributed by atoms with Gasteiger partial charge in [0.1, 0.15) is 29.2 Å². The average Bonchev–Trinajstić information content (AvgIpc) is 3.27. The molecule has 5 aromatic rings. The summed E-state index contributed by atoms with van der Waals surface area (Å²) in [6, 6.07) is 18.4. The van der Waals surface area contributed by atoms with Gasteiger partial charge in [0.2, 0.25) is 0 Å². The first-order valence-electron chi connectivity index (χ1n) is 11.9. The average molecular weight is 570 g/mol. The van der Waals surface area contributed by atoms with Gasteiger partial charge in [-0.15, -0.1) is 0 Å². The molecular weight excluding hydrogens is 547 g/mol. The predicted octanol–water partition coefficient (Wildman–Crippen LogP) is 8.10. The van der Waals surface area contributed by atoms with Crippen LogP contribution in [0.3, 0.4) is 0 Å². The molecule has 0 amide bonds. The van der Waals surface area contributed by atoms with Gasteiger partial charge in [-0.2, -0.15) is 13.9 Å². The van der Waals surface area contributed by atoms with E-state index < -0.39 is 11.9 Å². The van der Waals surface area contributed by atoms with Crippen LogP contribution < -0.4 is 15.2 Å². The van der Waals surface area contributed by atoms with E-state index in [9.17, 15) is 13.2 Å². The number of anilines is 2. The second kappa shape index (κ2) is 11.1. The molecule has 11 heteroatoms. The minimum atomic E-state index is -2.64. The molecule has 2 heterocycles. The van der Waals surface area contributed by atoms with Crippen LogP contribution in [0.15, 0.2) is 72.9 Å². The lowest BCUT2D eigenvalue weighted by Crippen LogP contribution is -2.05. The van der Waals surface area contributed by atoms with E-state index in [-0.39, 0.29) is 23.6 Å². The van der Waals surface area contributed by atoms with E-state index in [1.807, 2.05) is 18.2 Å². The maximum Gasteiger partial charge on any atom is 0.302 e. The number of nitrogens with zero attached hydrogens (tertiary/aromatic N) is 3. The summed E-state index contributed by atoms with van der Waals surface area (Å²) in [4.78, 5) is 4.41. The van der Waals surface area contributed by atoms with Crippen molar-refractivity contribution in [2.75, 3.05) is 10.5 Å². The van der Waals surface area contributed by atoms with Crippen molar-refractivity contribution in [3.05, 3.63) is 89.3 Å². The Morgan fingerprint density at radius 3 is 2.51 bits per heavy atom. The number of halogens is 4. The molecule has 0 bridgehead atoms. The van der Waals surface area contributed by atoms with Crippen molar-refractivity contribution in [2.45, 2.75) is 18.8 Å². The topological polar surface area (TPSA) is 78.0 Å². The smallest absolute Gasteiger partial charge is 0.302 e. The van der Waals surface area contributed by atoms with E-state index in [1.54, 1.807) is 61.2 Å². The summed E-state index contributed by atoms with van der Waals surface area (Å²) in [5, 5.41) is 5.92. The summed E-state index contributed by atoms with van der Waals surface area (Å²) < 4.78 is 49.9. The Bertz CT molecular complexity index is 1650. The maximum atomic E-state index is 13.4. The molecule has 39 heavy (non-hydrogen) atoms. The molecule has 6 nitrogen and oxygen atoms in total. The van der Waals surface area contributed by atoms with Crippen molar-refractivity contribution < 1.29 is 17.9 Å². The Morgan fingerprint density at radius 2 is 1.79 bits per heavy atom. The third kappa shape index (κ3) is 5.48. The fraction of sp³-hybridized carbons (Fsp3) is 0.143. The van der Waals surface area contributed by atoms with Crippen molar-refractivity contribution in [1.29, 1.82) is 0 Å². The van der Waals surface area contributed by atoms with Crippen LogP contribution in [0.5, 0.6) is 5.75 Å². The zero-order valence-corrected chi connectivity index (χ0v) is 22.4. The van der Waals surface area contributed by atoms with Gasteiger partial charge in [-0.1, -0.05) is 48.0 Å². The molecule has 0 aliphatic heterocycles. The highest BCUT2D eigenvalue weighted by Gasteiger charge is 2.21. The van der Waals surface area contributed by atoms with Crippen LogP contribution in [0.25, 0.3) is 33.3 Å². The quantitative estimate of drug-likeness (QED) is 0.184. The number of aromatic nitrogens is 3. The van der Waals surface area contributed by atoms with Crippen LogP contribution in [0, 0.1) is 5.82 Å². The van der Waals surface area contributed by atoms with Crippen LogP contribution in [0.2, 0.25) is 5.02 Å². The van der Waals surface area contributed by atoms with Crippen LogP contribution >= 0.6 is 23.5 Å². The molecule has 3 aromatic carbocycles. The first-order chi connectivity index (χ1) is 18.7. The number of alkyl halides is 2. The highest BCUT2D eigenvalue weighted by molar-refractivity contribution is 8.00. The number of hydrogen-bond acceptors (Lipinski definition) is 6. The van der Waals surface area contributed by atoms with E-state index in [2.05, 4.69) is 9.71 Å². The van der Waals surface area contributed by atoms with Gasteiger partial charge in [0.25, 0.3) is 0 Å². The predicted molar refractivity (Wildman–Crippen MR) is 151 cm³/mol. The minimum Gasteiger partial charge on any atom is -0.484 e. The Hall–Kier alpha value is -3.89. The van der Waals surface area contributed by atoms with Gasteiger partial charge in [-0.05, 0) is 42.8 Å². The molecule has 0 aliphatic rings. The van der Waals surface area contributed by atoms with Gasteiger partial charge < -0.3 is 15.2 Å². The van der Waals surface area contributed by atoms with E-state index in [1.165, 1.54) is 12.1 Å². The number of pyridine rings is 1. The van der Waals surface area contributed by atoms with Gasteiger partial charge in [0, 0.05) is 46.9 Å². The molecule has 0 fully saturated rings. The standard InChI is InChI=1S/C28H23ClF3N5OS/c1-15(16-7-10-18(30)11-8-16)38-23-13-17(9-12-22(23)36-39-28(31)32)25-24-26(37(2)35-25)20(14-34-27(24)33)19-5-3-4-6-21(19)29/h3-15,28,36H,1-2H3,(H2,33,34). The summed E-state index contributed by atoms with van der Waals surface area (Å²) in [7, 11) is 1.80. The molecule has 1 unspecified atom stereocenters. The summed E-state index contributed by atoms with van der Waals surface area (Å²) in [5.41, 5.74) is 10.9. The fourth-order valence-electron chi connectivity index (χ4n) is 4.37. The number of rotatable bonds is 8. The Labute approximate surface area is 232 Å². The number of ether oxygens (including phenoxy) is 1. The fourth-order valence-corrected chi connectivity index (χ4v) is 4.99. The highest BCUT2D eigenvalue weighted by Crippen LogP contribution is 2.41. The molecule has 1 atom stereocenters. The SMILES string of the molecule is CC(Oc1cc(-c2nn(C)c3c(-c4ccccc4Cl)cnc(N)c23)ccc1NSC(F)F)c1ccc(F)cc1. The lowest BCUT2D eigenvalue weighted by molar-refractivity contribution is 0.228. The number of aryl methyl sites for hydroxylation is 1. The number of hydrogen-bond donors (Lipinski definition) is 2. The Balaban J connectivity index is 1.62. The number of nitrogens with two attached hydrogens (primary N) is 1. The van der Waals surface area contributed by atoms with Gasteiger partial charge in [0.15, 0.2) is 0 Å². The second-order valence-electron chi connectivity index (χ2n) is 8.74. The van der Waals surface area contributed by atoms with Gasteiger partial charge in [0.05, 0.1) is 16.6 Å². The molecule has 0 radical (unpaired) electrons. The Kier molecular flexibility index (Phi) is 7.58. The van der Waals surface area contributed by atoms with E-state index in [0.717, 1.165) is 22.2 Å². The summed E-state index contributed by atoms with van der Waals surface area (Å²) in [6.45, 7) is 1.79. The molecule has 0 spiro atoms. The molecule has 0 saturated carbocycles. The van der Waals surface area contributed by atoms with Crippen molar-refractivity contribution >= 4 is 46.0 Å². The Morgan fingerprint density at radius 1 is 1.05 bits per heavy atom. The number of nitrogens with one attached hydrogen (secondary N) is 1. The zero-order chi connectivity index (χ0) is 27.7. The lowest BCUT2D eigenvalue weighted by atomic mass is 10.0. The summed E-state index contributed by atoms with van der Waals surface area (Å²) in [5.74, 6) is -2.42. The van der Waals surface area contributed by atoms with Crippen molar-refractivity contribution in [1.82, 2.24) is 14.8 Å². The van der Waals surface area contributed by atoms with Gasteiger partial charge in [-0.3, -0.25) is 4.68 Å². The van der Waals surface area contributed by atoms with E-state index in [4.69, 9.17) is 27.2 Å². The third-order valence-corrected chi connectivity index (χ3v) is 7.06. The monoisotopic (exact) mass is 569 g/mol. The second-order valence-corrected chi connectivity index (χ2v) is 9.94. The first-order valence-corrected chi connectivity index (χ1v) is 13.1. The van der Waals surface area contributed by atoms with Crippen molar-refractivity contribution in [2.24, 2.45) is 7.05 Å². The number of fused-ring (bicyclic) bond motifs is 1. The van der Waals surface area contributed by atoms with E-state index in [0.29, 0.717) is 33.1 Å². The highest BCUT2D eigenvalue weighted by atomic mass is 35.5. The molecule has 2 aromatic heterocycles. The van der Waals surface area contributed by atoms with Gasteiger partial charge >= 0.3 is 5.76 Å². The largest absolute Gasteiger partial charge is 0.484 e. The van der Waals surface area contributed by atoms with Crippen molar-refractivity contribution in [3.8, 4) is 28.1 Å². The van der Waals surface area contributed by atoms with Crippen molar-refractivity contribution in [3.63, 3.8) is 0 Å². The molecule has 5 rings (SSSR count). The molecule has 200 valence electrons. The van der Waals surface area contributed by atoms with Crippen LogP contribution in [-0.2, 0) is 7.05 Å². The lowest BCUT2D eigenvalue weighted by Gasteiger charge is -2.19. The van der Waals surface area contributed by atoms with Crippen LogP contribution in [0.4, 0.5) is 24.7 Å². The van der Waals surface area contributed by atoms with E-state index >= 15 is 0 Å². The van der Waals surface area contributed by atoms with Crippen LogP contribution in [-0.4, -0.2) is 20.5 Å². The first kappa shape index (κ1) is 26.7. The normalized spacial score (nSPS) is 12.2. The summed E-state index contributed by atoms with van der Waals surface area (Å²) >= 11 is 6.74. The third-order valence-electron chi connectivity index (χ3n) is 6.21. The molecule has 0 saturated heterocycles. The van der Waals surface area contributed by atoms with Gasteiger partial charge in [-0.25, -0.2) is 9.37 Å². The minimum absolute atomic E-state index is 0.260. The number of nitrogen functional groups attached to an aromatic ring is 1. The molecule has 3 N–H and O–H groups in total. The molecule has 0 aliphatic carbocycles. The summed E-state index contributed by atoms with van der Waals surface area (Å²) in [6.07, 6.45) is 1.16. The number of benzene rings is 3. The maximum absolute atomic E-state index is 13.4. The van der Waals surface area contributed by atoms with Crippen LogP contribution in [0.1, 0.15) is 18.6 Å². The molecular formula is C28H23ClF3N5OS. The zero-order valence-electron chi connectivity index (χ0n) is 20.8.